The Hall–Kier alpha value is -0.120. The zero-order valence-corrected chi connectivity index (χ0v) is 9.82. The molecule has 0 aromatic rings. The van der Waals surface area contributed by atoms with Crippen molar-refractivity contribution in [3.05, 3.63) is 0 Å². The van der Waals surface area contributed by atoms with Crippen LogP contribution in [0.3, 0.4) is 0 Å². The summed E-state index contributed by atoms with van der Waals surface area (Å²) in [5, 5.41) is 0. The molecule has 0 aromatic carbocycles. The van der Waals surface area contributed by atoms with Gasteiger partial charge < -0.3 is 15.4 Å². The molecule has 15 heavy (non-hydrogen) atoms. The lowest BCUT2D eigenvalue weighted by Gasteiger charge is -2.23. The van der Waals surface area contributed by atoms with Crippen LogP contribution in [0, 0.1) is 5.92 Å². The van der Waals surface area contributed by atoms with Gasteiger partial charge in [-0.2, -0.15) is 0 Å². The van der Waals surface area contributed by atoms with E-state index in [1.807, 2.05) is 0 Å². The van der Waals surface area contributed by atoms with E-state index in [1.54, 1.807) is 0 Å². The van der Waals surface area contributed by atoms with Crippen LogP contribution in [0.2, 0.25) is 0 Å². The first kappa shape index (κ1) is 11.4. The van der Waals surface area contributed by atoms with Crippen LogP contribution in [-0.2, 0) is 4.74 Å². The number of hydrogen-bond donors (Lipinski definition) is 1. The highest BCUT2D eigenvalue weighted by atomic mass is 16.5. The summed E-state index contributed by atoms with van der Waals surface area (Å²) in [6, 6.07) is 1.13. The van der Waals surface area contributed by atoms with Crippen molar-refractivity contribution in [1.29, 1.82) is 0 Å². The van der Waals surface area contributed by atoms with Gasteiger partial charge in [0.15, 0.2) is 0 Å². The van der Waals surface area contributed by atoms with Crippen LogP contribution in [-0.4, -0.2) is 43.8 Å². The van der Waals surface area contributed by atoms with E-state index in [4.69, 9.17) is 10.5 Å². The molecule has 0 saturated heterocycles. The topological polar surface area (TPSA) is 38.5 Å². The van der Waals surface area contributed by atoms with Crippen molar-refractivity contribution in [2.75, 3.05) is 26.8 Å². The summed E-state index contributed by atoms with van der Waals surface area (Å²) < 4.78 is 5.64. The highest BCUT2D eigenvalue weighted by Crippen LogP contribution is 2.28. The Labute approximate surface area is 93.0 Å². The monoisotopic (exact) mass is 212 g/mol. The minimum atomic E-state index is 0.435. The molecular formula is C12H24N2O. The maximum absolute atomic E-state index is 5.91. The average molecular weight is 212 g/mol. The lowest BCUT2D eigenvalue weighted by atomic mass is 10.2. The SMILES string of the molecule is CN(CCOCC1CC1)C1CCC(N)C1. The fourth-order valence-electron chi connectivity index (χ4n) is 2.32. The third-order valence-corrected chi connectivity index (χ3v) is 3.71. The Morgan fingerprint density at radius 3 is 2.67 bits per heavy atom. The highest BCUT2D eigenvalue weighted by Gasteiger charge is 2.25. The second kappa shape index (κ2) is 5.28. The lowest BCUT2D eigenvalue weighted by Crippen LogP contribution is -2.33. The third kappa shape index (κ3) is 3.74. The van der Waals surface area contributed by atoms with Crippen molar-refractivity contribution in [3.8, 4) is 0 Å². The molecule has 2 unspecified atom stereocenters. The molecule has 2 saturated carbocycles. The fraction of sp³-hybridized carbons (Fsp3) is 1.00. The molecule has 3 heteroatoms. The molecule has 2 aliphatic rings. The van der Waals surface area contributed by atoms with Gasteiger partial charge in [-0.1, -0.05) is 0 Å². The van der Waals surface area contributed by atoms with E-state index in [2.05, 4.69) is 11.9 Å². The number of hydrogen-bond acceptors (Lipinski definition) is 3. The Balaban J connectivity index is 1.53. The normalized spacial score (nSPS) is 31.4. The Bertz CT molecular complexity index is 194. The van der Waals surface area contributed by atoms with Crippen molar-refractivity contribution >= 4 is 0 Å². The Kier molecular flexibility index (Phi) is 4.00. The van der Waals surface area contributed by atoms with Crippen LogP contribution in [0.1, 0.15) is 32.1 Å². The van der Waals surface area contributed by atoms with Crippen LogP contribution in [0.15, 0.2) is 0 Å². The van der Waals surface area contributed by atoms with Gasteiger partial charge in [0, 0.05) is 25.2 Å². The summed E-state index contributed by atoms with van der Waals surface area (Å²) in [6.07, 6.45) is 6.39. The summed E-state index contributed by atoms with van der Waals surface area (Å²) in [7, 11) is 2.20. The second-order valence-corrected chi connectivity index (χ2v) is 5.23. The van der Waals surface area contributed by atoms with Crippen molar-refractivity contribution in [2.45, 2.75) is 44.2 Å². The molecule has 2 aliphatic carbocycles. The Morgan fingerprint density at radius 1 is 1.27 bits per heavy atom. The van der Waals surface area contributed by atoms with Crippen LogP contribution in [0.4, 0.5) is 0 Å². The van der Waals surface area contributed by atoms with Gasteiger partial charge in [0.25, 0.3) is 0 Å². The van der Waals surface area contributed by atoms with E-state index < -0.39 is 0 Å². The fourth-order valence-corrected chi connectivity index (χ4v) is 2.32. The first-order valence-electron chi connectivity index (χ1n) is 6.29. The van der Waals surface area contributed by atoms with Gasteiger partial charge in [-0.3, -0.25) is 0 Å². The zero-order valence-electron chi connectivity index (χ0n) is 9.82. The first-order chi connectivity index (χ1) is 7.25. The van der Waals surface area contributed by atoms with Crippen molar-refractivity contribution < 1.29 is 4.74 Å². The van der Waals surface area contributed by atoms with E-state index in [0.29, 0.717) is 12.1 Å². The predicted octanol–water partition coefficient (Wildman–Crippen LogP) is 1.22. The van der Waals surface area contributed by atoms with Gasteiger partial charge >= 0.3 is 0 Å². The van der Waals surface area contributed by atoms with E-state index in [9.17, 15) is 0 Å². The average Bonchev–Trinajstić information content (AvgIpc) is 2.94. The van der Waals surface area contributed by atoms with Crippen molar-refractivity contribution in [3.63, 3.8) is 0 Å². The molecule has 2 N–H and O–H groups in total. The molecule has 0 spiro atoms. The molecule has 0 heterocycles. The van der Waals surface area contributed by atoms with Gasteiger partial charge in [0.1, 0.15) is 0 Å². The van der Waals surface area contributed by atoms with Gasteiger partial charge in [-0.25, -0.2) is 0 Å². The van der Waals surface area contributed by atoms with Crippen molar-refractivity contribution in [2.24, 2.45) is 11.7 Å². The Morgan fingerprint density at radius 2 is 2.07 bits per heavy atom. The van der Waals surface area contributed by atoms with Gasteiger partial charge in [0.2, 0.25) is 0 Å². The van der Waals surface area contributed by atoms with E-state index in [1.165, 1.54) is 32.1 Å². The van der Waals surface area contributed by atoms with Crippen LogP contribution in [0.5, 0.6) is 0 Å². The molecule has 88 valence electrons. The molecule has 0 bridgehead atoms. The number of rotatable bonds is 6. The zero-order chi connectivity index (χ0) is 10.7. The summed E-state index contributed by atoms with van der Waals surface area (Å²) >= 11 is 0. The summed E-state index contributed by atoms with van der Waals surface area (Å²) in [5.41, 5.74) is 5.91. The minimum Gasteiger partial charge on any atom is -0.380 e. The molecule has 0 aliphatic heterocycles. The molecule has 2 rings (SSSR count). The number of nitrogens with two attached hydrogens (primary N) is 1. The quantitative estimate of drug-likeness (QED) is 0.673. The maximum atomic E-state index is 5.91. The largest absolute Gasteiger partial charge is 0.380 e. The molecule has 3 nitrogen and oxygen atoms in total. The van der Waals surface area contributed by atoms with E-state index >= 15 is 0 Å². The first-order valence-corrected chi connectivity index (χ1v) is 6.29. The summed E-state index contributed by atoms with van der Waals surface area (Å²) in [6.45, 7) is 2.93. The highest BCUT2D eigenvalue weighted by molar-refractivity contribution is 4.83. The van der Waals surface area contributed by atoms with Crippen LogP contribution >= 0.6 is 0 Å². The molecule has 2 atom stereocenters. The summed E-state index contributed by atoms with van der Waals surface area (Å²) in [5.74, 6) is 0.884. The van der Waals surface area contributed by atoms with E-state index in [-0.39, 0.29) is 0 Å². The third-order valence-electron chi connectivity index (χ3n) is 3.71. The molecule has 0 amide bonds. The van der Waals surface area contributed by atoms with Crippen LogP contribution in [0.25, 0.3) is 0 Å². The molecule has 0 aromatic heterocycles. The standard InChI is InChI=1S/C12H24N2O/c1-14(12-5-4-11(13)8-12)6-7-15-9-10-2-3-10/h10-12H,2-9,13H2,1H3. The number of ether oxygens (including phenoxy) is 1. The van der Waals surface area contributed by atoms with Gasteiger partial charge in [0.05, 0.1) is 6.61 Å². The van der Waals surface area contributed by atoms with Gasteiger partial charge in [-0.15, -0.1) is 0 Å². The number of likely N-dealkylation sites (N-methyl/N-ethyl adjacent to an activating group) is 1. The maximum Gasteiger partial charge on any atom is 0.0593 e. The smallest absolute Gasteiger partial charge is 0.0593 e. The summed E-state index contributed by atoms with van der Waals surface area (Å²) in [4.78, 5) is 2.42. The minimum absolute atomic E-state index is 0.435. The van der Waals surface area contributed by atoms with Gasteiger partial charge in [-0.05, 0) is 45.1 Å². The molecule has 0 radical (unpaired) electrons. The number of nitrogens with zero attached hydrogens (tertiary/aromatic N) is 1. The lowest BCUT2D eigenvalue weighted by molar-refractivity contribution is 0.0918. The second-order valence-electron chi connectivity index (χ2n) is 5.23. The van der Waals surface area contributed by atoms with E-state index in [0.717, 1.165) is 25.7 Å². The molecule has 2 fully saturated rings. The van der Waals surface area contributed by atoms with Crippen molar-refractivity contribution in [1.82, 2.24) is 4.90 Å². The van der Waals surface area contributed by atoms with Crippen LogP contribution < -0.4 is 5.73 Å². The predicted molar refractivity (Wildman–Crippen MR) is 61.8 cm³/mol. The molecular weight excluding hydrogens is 188 g/mol.